The first-order valence-electron chi connectivity index (χ1n) is 9.42. The molecule has 2 aromatic rings. The van der Waals surface area contributed by atoms with Gasteiger partial charge in [0.15, 0.2) is 5.82 Å². The van der Waals surface area contributed by atoms with E-state index in [0.717, 1.165) is 5.56 Å². The average Bonchev–Trinajstić information content (AvgIpc) is 3.53. The molecule has 26 heavy (non-hydrogen) atoms. The molecule has 0 radical (unpaired) electrons. The van der Waals surface area contributed by atoms with Crippen molar-refractivity contribution in [3.05, 3.63) is 29.8 Å². The summed E-state index contributed by atoms with van der Waals surface area (Å²) >= 11 is 0. The minimum atomic E-state index is 0.351. The Morgan fingerprint density at radius 1 is 0.962 bits per heavy atom. The van der Waals surface area contributed by atoms with Gasteiger partial charge in [0.2, 0.25) is 11.9 Å². The number of hydrogen-bond acceptors (Lipinski definition) is 6. The van der Waals surface area contributed by atoms with Crippen LogP contribution in [0.4, 0.5) is 11.9 Å². The summed E-state index contributed by atoms with van der Waals surface area (Å²) in [6, 6.07) is 10.3. The van der Waals surface area contributed by atoms with Crippen molar-refractivity contribution in [2.45, 2.75) is 51.6 Å². The lowest BCUT2D eigenvalue weighted by Gasteiger charge is -2.17. The first-order valence-corrected chi connectivity index (χ1v) is 9.42. The van der Waals surface area contributed by atoms with E-state index < -0.39 is 0 Å². The number of nitrogens with one attached hydrogen (secondary N) is 2. The van der Waals surface area contributed by atoms with Gasteiger partial charge in [0.1, 0.15) is 0 Å². The smallest absolute Gasteiger partial charge is 0.228 e. The zero-order valence-corrected chi connectivity index (χ0v) is 15.2. The monoisotopic (exact) mass is 348 g/mol. The Morgan fingerprint density at radius 2 is 1.54 bits per heavy atom. The van der Waals surface area contributed by atoms with E-state index in [4.69, 9.17) is 5.26 Å². The average molecular weight is 348 g/mol. The lowest BCUT2D eigenvalue weighted by atomic mass is 10.1. The minimum Gasteiger partial charge on any atom is -0.351 e. The minimum absolute atomic E-state index is 0.351. The zero-order chi connectivity index (χ0) is 18.1. The fourth-order valence-electron chi connectivity index (χ4n) is 3.20. The molecule has 0 spiro atoms. The molecule has 0 saturated heterocycles. The first kappa shape index (κ1) is 16.8. The Kier molecular flexibility index (Phi) is 4.46. The van der Waals surface area contributed by atoms with Crippen molar-refractivity contribution >= 4 is 11.9 Å². The highest BCUT2D eigenvalue weighted by molar-refractivity contribution is 5.60. The van der Waals surface area contributed by atoms with Gasteiger partial charge in [-0.15, -0.1) is 0 Å². The number of hydrogen-bond donors (Lipinski definition) is 2. The molecular formula is C20H24N6. The molecule has 0 unspecified atom stereocenters. The van der Waals surface area contributed by atoms with Gasteiger partial charge in [-0.05, 0) is 63.5 Å². The van der Waals surface area contributed by atoms with Gasteiger partial charge in [-0.1, -0.05) is 12.1 Å². The molecule has 1 aromatic heterocycles. The fourth-order valence-corrected chi connectivity index (χ4v) is 3.20. The van der Waals surface area contributed by atoms with Crippen LogP contribution in [0.2, 0.25) is 0 Å². The van der Waals surface area contributed by atoms with Crippen LogP contribution < -0.4 is 10.6 Å². The van der Waals surface area contributed by atoms with Crippen LogP contribution in [0.1, 0.15) is 45.1 Å². The second-order valence-corrected chi connectivity index (χ2v) is 7.54. The standard InChI is InChI=1S/C20H24N6/c1-12(15-6-7-15)22-19-24-18(17-5-3-4-14(10-17)11-21)25-20(26-19)23-13(2)16-8-9-16/h3-5,10,12-13,15-16H,6-9H2,1-2H3,(H2,22,23,24,25,26)/t12-,13-/m1/s1. The molecule has 2 fully saturated rings. The number of rotatable bonds is 7. The molecule has 4 rings (SSSR count). The molecule has 0 aliphatic heterocycles. The van der Waals surface area contributed by atoms with Crippen molar-refractivity contribution in [2.24, 2.45) is 11.8 Å². The summed E-state index contributed by atoms with van der Waals surface area (Å²) in [6.07, 6.45) is 5.06. The second kappa shape index (κ2) is 6.91. The van der Waals surface area contributed by atoms with E-state index >= 15 is 0 Å². The fraction of sp³-hybridized carbons (Fsp3) is 0.500. The Balaban J connectivity index is 1.65. The van der Waals surface area contributed by atoms with Crippen molar-refractivity contribution < 1.29 is 0 Å². The van der Waals surface area contributed by atoms with Gasteiger partial charge in [0.05, 0.1) is 11.6 Å². The summed E-state index contributed by atoms with van der Waals surface area (Å²) in [4.78, 5) is 13.8. The van der Waals surface area contributed by atoms with Crippen LogP contribution >= 0.6 is 0 Å². The third-order valence-corrected chi connectivity index (χ3v) is 5.26. The molecule has 0 amide bonds. The molecule has 2 saturated carbocycles. The molecule has 2 aliphatic rings. The van der Waals surface area contributed by atoms with Crippen LogP contribution in [0, 0.1) is 23.2 Å². The van der Waals surface area contributed by atoms with Crippen molar-refractivity contribution in [3.8, 4) is 17.5 Å². The lowest BCUT2D eigenvalue weighted by molar-refractivity contribution is 0.676. The maximum absolute atomic E-state index is 9.16. The van der Waals surface area contributed by atoms with E-state index in [2.05, 4.69) is 45.5 Å². The number of aromatic nitrogens is 3. The summed E-state index contributed by atoms with van der Waals surface area (Å²) in [5, 5.41) is 16.0. The molecule has 2 N–H and O–H groups in total. The summed E-state index contributed by atoms with van der Waals surface area (Å²) < 4.78 is 0. The van der Waals surface area contributed by atoms with Crippen molar-refractivity contribution in [1.29, 1.82) is 5.26 Å². The van der Waals surface area contributed by atoms with E-state index in [1.165, 1.54) is 25.7 Å². The van der Waals surface area contributed by atoms with Crippen LogP contribution in [0.3, 0.4) is 0 Å². The molecule has 1 heterocycles. The van der Waals surface area contributed by atoms with Gasteiger partial charge < -0.3 is 10.6 Å². The predicted octanol–water partition coefficient (Wildman–Crippen LogP) is 3.83. The normalized spacial score (nSPS) is 18.7. The Hall–Kier alpha value is -2.68. The van der Waals surface area contributed by atoms with Crippen LogP contribution in [0.15, 0.2) is 24.3 Å². The van der Waals surface area contributed by atoms with Gasteiger partial charge in [0.25, 0.3) is 0 Å². The van der Waals surface area contributed by atoms with Crippen LogP contribution in [0.5, 0.6) is 0 Å². The molecular weight excluding hydrogens is 324 g/mol. The van der Waals surface area contributed by atoms with E-state index in [0.29, 0.717) is 47.2 Å². The van der Waals surface area contributed by atoms with Gasteiger partial charge in [-0.3, -0.25) is 0 Å². The highest BCUT2D eigenvalue weighted by Crippen LogP contribution is 2.35. The number of nitrogens with zero attached hydrogens (tertiary/aromatic N) is 4. The van der Waals surface area contributed by atoms with E-state index in [1.54, 1.807) is 6.07 Å². The number of benzene rings is 1. The molecule has 6 nitrogen and oxygen atoms in total. The van der Waals surface area contributed by atoms with Crippen molar-refractivity contribution in [2.75, 3.05) is 10.6 Å². The van der Waals surface area contributed by atoms with E-state index in [1.807, 2.05) is 18.2 Å². The SMILES string of the molecule is C[C@@H](Nc1nc(N[C@H](C)C2CC2)nc(-c2cccc(C#N)c2)n1)C1CC1. The second-order valence-electron chi connectivity index (χ2n) is 7.54. The topological polar surface area (TPSA) is 86.5 Å². The summed E-state index contributed by atoms with van der Waals surface area (Å²) in [5.41, 5.74) is 1.43. The van der Waals surface area contributed by atoms with Gasteiger partial charge in [-0.25, -0.2) is 0 Å². The van der Waals surface area contributed by atoms with Gasteiger partial charge in [0, 0.05) is 17.6 Å². The van der Waals surface area contributed by atoms with E-state index in [-0.39, 0.29) is 0 Å². The molecule has 1 aromatic carbocycles. The molecule has 6 heteroatoms. The van der Waals surface area contributed by atoms with Crippen LogP contribution in [-0.4, -0.2) is 27.0 Å². The van der Waals surface area contributed by atoms with Gasteiger partial charge in [-0.2, -0.15) is 20.2 Å². The summed E-state index contributed by atoms with van der Waals surface area (Å²) in [7, 11) is 0. The molecule has 2 atom stereocenters. The predicted molar refractivity (Wildman–Crippen MR) is 102 cm³/mol. The highest BCUT2D eigenvalue weighted by Gasteiger charge is 2.30. The van der Waals surface area contributed by atoms with E-state index in [9.17, 15) is 0 Å². The Labute approximate surface area is 154 Å². The maximum atomic E-state index is 9.16. The number of nitriles is 1. The highest BCUT2D eigenvalue weighted by atomic mass is 15.2. The molecule has 0 bridgehead atoms. The number of anilines is 2. The third-order valence-electron chi connectivity index (χ3n) is 5.26. The van der Waals surface area contributed by atoms with Crippen LogP contribution in [-0.2, 0) is 0 Å². The summed E-state index contributed by atoms with van der Waals surface area (Å²) in [5.74, 6) is 3.20. The Bertz CT molecular complexity index is 796. The maximum Gasteiger partial charge on any atom is 0.228 e. The first-order chi connectivity index (χ1) is 12.6. The summed E-state index contributed by atoms with van der Waals surface area (Å²) in [6.45, 7) is 4.36. The van der Waals surface area contributed by atoms with Crippen molar-refractivity contribution in [1.82, 2.24) is 15.0 Å². The van der Waals surface area contributed by atoms with Crippen molar-refractivity contribution in [3.63, 3.8) is 0 Å². The van der Waals surface area contributed by atoms with Crippen LogP contribution in [0.25, 0.3) is 11.4 Å². The molecule has 2 aliphatic carbocycles. The largest absolute Gasteiger partial charge is 0.351 e. The molecule has 134 valence electrons. The lowest BCUT2D eigenvalue weighted by Crippen LogP contribution is -2.23. The third kappa shape index (κ3) is 3.93. The quantitative estimate of drug-likeness (QED) is 0.791. The van der Waals surface area contributed by atoms with Gasteiger partial charge >= 0.3 is 0 Å². The Morgan fingerprint density at radius 3 is 2.04 bits per heavy atom. The zero-order valence-electron chi connectivity index (χ0n) is 15.2.